The maximum atomic E-state index is 11.5. The van der Waals surface area contributed by atoms with Gasteiger partial charge in [-0.1, -0.05) is 6.58 Å². The minimum atomic E-state index is -3.07. The van der Waals surface area contributed by atoms with Gasteiger partial charge in [0.1, 0.15) is 0 Å². The summed E-state index contributed by atoms with van der Waals surface area (Å²) in [4.78, 5) is 7.80. The van der Waals surface area contributed by atoms with Crippen LogP contribution < -0.4 is 0 Å². The molecule has 1 unspecified atom stereocenters. The monoisotopic (exact) mass is 126 g/mol. The number of alkyl halides is 2. The second-order valence-electron chi connectivity index (χ2n) is 0.939. The molecule has 4 heteroatoms. The molecule has 0 aliphatic rings. The van der Waals surface area contributed by atoms with Gasteiger partial charge in [0.05, 0.1) is 8.81 Å². The Morgan fingerprint density at radius 3 is 2.14 bits per heavy atom. The Morgan fingerprint density at radius 1 is 1.71 bits per heavy atom. The second kappa shape index (κ2) is 2.34. The lowest BCUT2D eigenvalue weighted by Gasteiger charge is -2.02. The smallest absolute Gasteiger partial charge is 0.303 e. The van der Waals surface area contributed by atoms with Gasteiger partial charge in [0.15, 0.2) is 0 Å². The van der Waals surface area contributed by atoms with Gasteiger partial charge < -0.3 is 4.89 Å². The van der Waals surface area contributed by atoms with Crippen molar-refractivity contribution in [2.45, 2.75) is 5.66 Å². The van der Waals surface area contributed by atoms with Crippen LogP contribution >= 0.6 is 8.81 Å². The van der Waals surface area contributed by atoms with Gasteiger partial charge in [-0.25, -0.2) is 0 Å². The first-order chi connectivity index (χ1) is 3.12. The molecule has 0 saturated heterocycles. The van der Waals surface area contributed by atoms with Crippen LogP contribution in [0.2, 0.25) is 0 Å². The molecule has 0 heterocycles. The van der Waals surface area contributed by atoms with Crippen molar-refractivity contribution in [3.63, 3.8) is 0 Å². The molecule has 1 atom stereocenters. The molecule has 0 aromatic rings. The van der Waals surface area contributed by atoms with E-state index in [9.17, 15) is 8.78 Å². The van der Waals surface area contributed by atoms with Crippen molar-refractivity contribution in [3.8, 4) is 0 Å². The van der Waals surface area contributed by atoms with Crippen molar-refractivity contribution in [2.24, 2.45) is 0 Å². The average Bonchev–Trinajstić information content (AvgIpc) is 1.68. The quantitative estimate of drug-likeness (QED) is 0.437. The molecule has 7 heavy (non-hydrogen) atoms. The summed E-state index contributed by atoms with van der Waals surface area (Å²) >= 11 is 0. The van der Waals surface area contributed by atoms with Gasteiger partial charge in [-0.05, 0) is 6.08 Å². The molecule has 0 aromatic heterocycles. The predicted molar refractivity (Wildman–Crippen MR) is 25.7 cm³/mol. The Hall–Kier alpha value is -0.0100. The molecule has 0 amide bonds. The van der Waals surface area contributed by atoms with E-state index in [-0.39, 0.29) is 0 Å². The fraction of sp³-hybridized carbons (Fsp3) is 0.333. The van der Waals surface area contributed by atoms with Gasteiger partial charge in [0.2, 0.25) is 0 Å². The number of hydrogen-bond acceptors (Lipinski definition) is 1. The van der Waals surface area contributed by atoms with E-state index in [1.165, 1.54) is 0 Å². The third-order valence-electron chi connectivity index (χ3n) is 0.405. The van der Waals surface area contributed by atoms with E-state index in [2.05, 4.69) is 6.58 Å². The summed E-state index contributed by atoms with van der Waals surface area (Å²) in [6.07, 6.45) is 0.422. The highest BCUT2D eigenvalue weighted by molar-refractivity contribution is 7.32. The normalized spacial score (nSPS) is 13.0. The maximum absolute atomic E-state index is 11.5. The highest BCUT2D eigenvalue weighted by Crippen LogP contribution is 2.31. The lowest BCUT2D eigenvalue weighted by atomic mass is 10.7. The summed E-state index contributed by atoms with van der Waals surface area (Å²) in [6, 6.07) is 0. The van der Waals surface area contributed by atoms with Gasteiger partial charge in [0.25, 0.3) is 0 Å². The van der Waals surface area contributed by atoms with Crippen LogP contribution in [0.3, 0.4) is 0 Å². The zero-order chi connectivity index (χ0) is 5.91. The van der Waals surface area contributed by atoms with E-state index >= 15 is 0 Å². The Labute approximate surface area is 41.9 Å². The number of halogens is 2. The van der Waals surface area contributed by atoms with Gasteiger partial charge in [-0.2, -0.15) is 8.78 Å². The first kappa shape index (κ1) is 6.99. The van der Waals surface area contributed by atoms with Crippen molar-refractivity contribution in [2.75, 3.05) is 0 Å². The third-order valence-corrected chi connectivity index (χ3v) is 0.908. The minimum Gasteiger partial charge on any atom is -0.370 e. The Bertz CT molecular complexity index is 73.3. The summed E-state index contributed by atoms with van der Waals surface area (Å²) in [5, 5.41) is 0. The van der Waals surface area contributed by atoms with Crippen LogP contribution in [0.15, 0.2) is 12.7 Å². The minimum absolute atomic E-state index is 0.422. The molecule has 42 valence electrons. The van der Waals surface area contributed by atoms with Gasteiger partial charge in [0, 0.05) is 0 Å². The van der Waals surface area contributed by atoms with Crippen LogP contribution in [-0.4, -0.2) is 10.6 Å². The molecule has 0 aliphatic heterocycles. The van der Waals surface area contributed by atoms with Gasteiger partial charge in [-0.3, -0.25) is 0 Å². The molecule has 1 N–H and O–H groups in total. The zero-order valence-electron chi connectivity index (χ0n) is 3.49. The first-order valence-corrected chi connectivity index (χ1v) is 2.50. The van der Waals surface area contributed by atoms with Crippen LogP contribution in [0.4, 0.5) is 8.78 Å². The largest absolute Gasteiger partial charge is 0.370 e. The molecular formula is C3H5F2OP. The summed E-state index contributed by atoms with van der Waals surface area (Å²) in [5.74, 6) is 0. The van der Waals surface area contributed by atoms with Crippen LogP contribution in [0.5, 0.6) is 0 Å². The van der Waals surface area contributed by atoms with E-state index in [0.29, 0.717) is 6.08 Å². The number of allylic oxidation sites excluding steroid dienone is 1. The molecule has 0 rings (SSSR count). The summed E-state index contributed by atoms with van der Waals surface area (Å²) in [5.41, 5.74) is -3.07. The lowest BCUT2D eigenvalue weighted by Crippen LogP contribution is -1.99. The maximum Gasteiger partial charge on any atom is 0.303 e. The van der Waals surface area contributed by atoms with Crippen LogP contribution in [0, 0.1) is 0 Å². The van der Waals surface area contributed by atoms with E-state index in [4.69, 9.17) is 4.89 Å². The molecule has 0 bridgehead atoms. The highest BCUT2D eigenvalue weighted by atomic mass is 31.1. The Kier molecular flexibility index (Phi) is 2.33. The highest BCUT2D eigenvalue weighted by Gasteiger charge is 2.21. The van der Waals surface area contributed by atoms with Crippen molar-refractivity contribution in [1.82, 2.24) is 0 Å². The molecule has 0 radical (unpaired) electrons. The SMILES string of the molecule is C=CC(F)(F)PO. The molecule has 0 spiro atoms. The molecule has 0 saturated carbocycles. The van der Waals surface area contributed by atoms with E-state index in [1.54, 1.807) is 0 Å². The molecule has 0 fully saturated rings. The van der Waals surface area contributed by atoms with Gasteiger partial charge in [-0.15, -0.1) is 0 Å². The lowest BCUT2D eigenvalue weighted by molar-refractivity contribution is 0.149. The fourth-order valence-electron chi connectivity index (χ4n) is 0.0456. The molecule has 0 aromatic carbocycles. The zero-order valence-corrected chi connectivity index (χ0v) is 4.49. The standard InChI is InChI=1S/C3H5F2OP/c1-2-3(4,5)7-6/h2,6-7H,1H2. The Balaban J connectivity index is 3.58. The second-order valence-corrected chi connectivity index (χ2v) is 1.83. The molecule has 1 nitrogen and oxygen atoms in total. The molecule has 0 aliphatic carbocycles. The molecular weight excluding hydrogens is 121 g/mol. The summed E-state index contributed by atoms with van der Waals surface area (Å²) < 4.78 is 23.1. The van der Waals surface area contributed by atoms with E-state index in [1.807, 2.05) is 0 Å². The van der Waals surface area contributed by atoms with E-state index in [0.717, 1.165) is 0 Å². The van der Waals surface area contributed by atoms with Crippen LogP contribution in [0.1, 0.15) is 0 Å². The van der Waals surface area contributed by atoms with Gasteiger partial charge >= 0.3 is 5.66 Å². The van der Waals surface area contributed by atoms with Crippen molar-refractivity contribution < 1.29 is 13.7 Å². The van der Waals surface area contributed by atoms with Crippen molar-refractivity contribution >= 4 is 8.81 Å². The van der Waals surface area contributed by atoms with Crippen LogP contribution in [-0.2, 0) is 0 Å². The number of hydrogen-bond donors (Lipinski definition) is 1. The third kappa shape index (κ3) is 2.66. The summed E-state index contributed by atoms with van der Waals surface area (Å²) in [6.45, 7) is 2.80. The number of rotatable bonds is 2. The Morgan fingerprint density at radius 2 is 2.14 bits per heavy atom. The topological polar surface area (TPSA) is 20.2 Å². The average molecular weight is 126 g/mol. The van der Waals surface area contributed by atoms with Crippen LogP contribution in [0.25, 0.3) is 0 Å². The summed E-state index contributed by atoms with van der Waals surface area (Å²) in [7, 11) is -1.37. The first-order valence-electron chi connectivity index (χ1n) is 1.55. The van der Waals surface area contributed by atoms with E-state index < -0.39 is 14.5 Å². The van der Waals surface area contributed by atoms with Crippen molar-refractivity contribution in [3.05, 3.63) is 12.7 Å². The van der Waals surface area contributed by atoms with Crippen molar-refractivity contribution in [1.29, 1.82) is 0 Å². The predicted octanol–water partition coefficient (Wildman–Crippen LogP) is 1.35. The fourth-order valence-corrected chi connectivity index (χ4v) is 0.137.